The van der Waals surface area contributed by atoms with Gasteiger partial charge in [-0.2, -0.15) is 0 Å². The van der Waals surface area contributed by atoms with Gasteiger partial charge in [0.15, 0.2) is 0 Å². The maximum atomic E-state index is 12.3. The molecule has 0 spiro atoms. The minimum Gasteiger partial charge on any atom is -0.321 e. The molecule has 0 bridgehead atoms. The van der Waals surface area contributed by atoms with Gasteiger partial charge >= 0.3 is 0 Å². The van der Waals surface area contributed by atoms with Crippen molar-refractivity contribution in [3.05, 3.63) is 94.7 Å². The number of aromatic nitrogens is 1. The first-order valence-corrected chi connectivity index (χ1v) is 8.96. The Balaban J connectivity index is 1.69. The zero-order chi connectivity index (χ0) is 19.1. The number of para-hydroxylation sites is 2. The predicted molar refractivity (Wildman–Crippen MR) is 110 cm³/mol. The topological polar surface area (TPSA) is 71.1 Å². The fourth-order valence-corrected chi connectivity index (χ4v) is 2.58. The maximum Gasteiger partial charge on any atom is 0.257 e. The van der Waals surface area contributed by atoms with Gasteiger partial charge in [0.05, 0.1) is 16.9 Å². The van der Waals surface area contributed by atoms with E-state index in [0.29, 0.717) is 16.9 Å². The largest absolute Gasteiger partial charge is 0.321 e. The van der Waals surface area contributed by atoms with Crippen LogP contribution < -0.4 is 10.6 Å². The molecule has 6 heteroatoms. The number of carbonyl (C=O) groups excluding carboxylic acids is 2. The Hall–Kier alpha value is -3.25. The molecule has 0 unspecified atom stereocenters. The molecule has 5 nitrogen and oxygen atoms in total. The third kappa shape index (κ3) is 5.36. The molecule has 0 aliphatic rings. The fraction of sp³-hybridized carbons (Fsp3) is 0. The molecule has 2 N–H and O–H groups in total. The van der Waals surface area contributed by atoms with E-state index in [1.807, 2.05) is 24.3 Å². The van der Waals surface area contributed by atoms with E-state index >= 15 is 0 Å². The Morgan fingerprint density at radius 1 is 0.889 bits per heavy atom. The van der Waals surface area contributed by atoms with E-state index in [1.165, 1.54) is 12.3 Å². The molecular weight excluding hydrogens is 406 g/mol. The number of pyridine rings is 1. The molecule has 0 fully saturated rings. The standard InChI is InChI=1S/C21H16BrN3O2/c22-17-10-7-15(8-11-17)9-12-20(26)24-18-5-1-2-6-19(18)25-21(27)16-4-3-13-23-14-16/h1-14H,(H,24,26)(H,25,27)/b12-9+. The summed E-state index contributed by atoms with van der Waals surface area (Å²) >= 11 is 3.37. The molecule has 2 aromatic carbocycles. The molecule has 0 atom stereocenters. The number of nitrogens with zero attached hydrogens (tertiary/aromatic N) is 1. The first-order valence-electron chi connectivity index (χ1n) is 8.17. The normalized spacial score (nSPS) is 10.6. The number of carbonyl (C=O) groups is 2. The second-order valence-electron chi connectivity index (χ2n) is 5.62. The summed E-state index contributed by atoms with van der Waals surface area (Å²) in [6, 6.07) is 18.0. The van der Waals surface area contributed by atoms with Crippen molar-refractivity contribution in [1.29, 1.82) is 0 Å². The monoisotopic (exact) mass is 421 g/mol. The first kappa shape index (κ1) is 18.5. The van der Waals surface area contributed by atoms with Crippen LogP contribution in [-0.4, -0.2) is 16.8 Å². The minimum absolute atomic E-state index is 0.291. The smallest absolute Gasteiger partial charge is 0.257 e. The number of hydrogen-bond donors (Lipinski definition) is 2. The van der Waals surface area contributed by atoms with E-state index in [9.17, 15) is 9.59 Å². The molecule has 0 saturated heterocycles. The first-order chi connectivity index (χ1) is 13.1. The summed E-state index contributed by atoms with van der Waals surface area (Å²) in [6.07, 6.45) is 6.25. The van der Waals surface area contributed by atoms with Gasteiger partial charge in [0.1, 0.15) is 0 Å². The lowest BCUT2D eigenvalue weighted by Gasteiger charge is -2.11. The SMILES string of the molecule is O=C(/C=C/c1ccc(Br)cc1)Nc1ccccc1NC(=O)c1cccnc1. The molecule has 0 radical (unpaired) electrons. The van der Waals surface area contributed by atoms with Crippen LogP contribution in [0.5, 0.6) is 0 Å². The number of anilines is 2. The third-order valence-electron chi connectivity index (χ3n) is 3.65. The molecular formula is C21H16BrN3O2. The fourth-order valence-electron chi connectivity index (χ4n) is 2.31. The van der Waals surface area contributed by atoms with Gasteiger partial charge in [-0.15, -0.1) is 0 Å². The van der Waals surface area contributed by atoms with E-state index in [0.717, 1.165) is 10.0 Å². The predicted octanol–water partition coefficient (Wildman–Crippen LogP) is 4.75. The molecule has 27 heavy (non-hydrogen) atoms. The van der Waals surface area contributed by atoms with Crippen LogP contribution >= 0.6 is 15.9 Å². The van der Waals surface area contributed by atoms with Crippen LogP contribution in [0.4, 0.5) is 11.4 Å². The number of hydrogen-bond acceptors (Lipinski definition) is 3. The van der Waals surface area contributed by atoms with E-state index in [2.05, 4.69) is 31.5 Å². The Labute approximate surface area is 165 Å². The summed E-state index contributed by atoms with van der Waals surface area (Å²) < 4.78 is 0.974. The lowest BCUT2D eigenvalue weighted by atomic mass is 10.2. The average Bonchev–Trinajstić information content (AvgIpc) is 2.70. The average molecular weight is 422 g/mol. The van der Waals surface area contributed by atoms with Crippen LogP contribution in [0.3, 0.4) is 0 Å². The van der Waals surface area contributed by atoms with E-state index in [1.54, 1.807) is 48.7 Å². The lowest BCUT2D eigenvalue weighted by Crippen LogP contribution is -2.15. The van der Waals surface area contributed by atoms with Gasteiger partial charge in [-0.1, -0.05) is 40.2 Å². The van der Waals surface area contributed by atoms with Crippen molar-refractivity contribution in [1.82, 2.24) is 4.98 Å². The van der Waals surface area contributed by atoms with Gasteiger partial charge in [0, 0.05) is 22.9 Å². The van der Waals surface area contributed by atoms with Crippen LogP contribution in [0, 0.1) is 0 Å². The van der Waals surface area contributed by atoms with Gasteiger partial charge < -0.3 is 10.6 Å². The van der Waals surface area contributed by atoms with Gasteiger partial charge in [-0.05, 0) is 48.0 Å². The Kier molecular flexibility index (Phi) is 6.12. The second kappa shape index (κ2) is 8.91. The number of benzene rings is 2. The van der Waals surface area contributed by atoms with Crippen LogP contribution in [0.1, 0.15) is 15.9 Å². The summed E-state index contributed by atoms with van der Waals surface area (Å²) in [5, 5.41) is 5.57. The Morgan fingerprint density at radius 3 is 2.26 bits per heavy atom. The molecule has 1 heterocycles. The molecule has 0 aliphatic heterocycles. The van der Waals surface area contributed by atoms with Gasteiger partial charge in [0.2, 0.25) is 5.91 Å². The summed E-state index contributed by atoms with van der Waals surface area (Å²) in [5.41, 5.74) is 2.37. The summed E-state index contributed by atoms with van der Waals surface area (Å²) in [7, 11) is 0. The van der Waals surface area contributed by atoms with Crippen molar-refractivity contribution >= 4 is 45.2 Å². The van der Waals surface area contributed by atoms with Gasteiger partial charge in [-0.25, -0.2) is 0 Å². The van der Waals surface area contributed by atoms with Crippen LogP contribution in [0.2, 0.25) is 0 Å². The summed E-state index contributed by atoms with van der Waals surface area (Å²) in [5.74, 6) is -0.587. The highest BCUT2D eigenvalue weighted by Crippen LogP contribution is 2.22. The number of rotatable bonds is 5. The van der Waals surface area contributed by atoms with Crippen molar-refractivity contribution in [2.45, 2.75) is 0 Å². The van der Waals surface area contributed by atoms with Crippen molar-refractivity contribution < 1.29 is 9.59 Å². The second-order valence-corrected chi connectivity index (χ2v) is 6.53. The lowest BCUT2D eigenvalue weighted by molar-refractivity contribution is -0.111. The molecule has 0 aliphatic carbocycles. The zero-order valence-electron chi connectivity index (χ0n) is 14.2. The van der Waals surface area contributed by atoms with Crippen molar-refractivity contribution in [3.63, 3.8) is 0 Å². The van der Waals surface area contributed by atoms with Crippen LogP contribution in [0.15, 0.2) is 83.6 Å². The van der Waals surface area contributed by atoms with E-state index < -0.39 is 0 Å². The van der Waals surface area contributed by atoms with E-state index in [-0.39, 0.29) is 11.8 Å². The number of nitrogens with one attached hydrogen (secondary N) is 2. The summed E-state index contributed by atoms with van der Waals surface area (Å²) in [4.78, 5) is 28.5. The zero-order valence-corrected chi connectivity index (χ0v) is 15.8. The highest BCUT2D eigenvalue weighted by Gasteiger charge is 2.10. The molecule has 134 valence electrons. The maximum absolute atomic E-state index is 12.3. The molecule has 2 amide bonds. The number of halogens is 1. The summed E-state index contributed by atoms with van der Waals surface area (Å²) in [6.45, 7) is 0. The molecule has 3 rings (SSSR count). The van der Waals surface area contributed by atoms with Crippen molar-refractivity contribution in [2.75, 3.05) is 10.6 Å². The van der Waals surface area contributed by atoms with E-state index in [4.69, 9.17) is 0 Å². The quantitative estimate of drug-likeness (QED) is 0.583. The molecule has 0 saturated carbocycles. The Morgan fingerprint density at radius 2 is 1.59 bits per heavy atom. The highest BCUT2D eigenvalue weighted by atomic mass is 79.9. The van der Waals surface area contributed by atoms with Gasteiger partial charge in [0.25, 0.3) is 5.91 Å². The number of amides is 2. The van der Waals surface area contributed by atoms with Crippen molar-refractivity contribution in [3.8, 4) is 0 Å². The highest BCUT2D eigenvalue weighted by molar-refractivity contribution is 9.10. The van der Waals surface area contributed by atoms with Crippen molar-refractivity contribution in [2.24, 2.45) is 0 Å². The molecule has 3 aromatic rings. The minimum atomic E-state index is -0.296. The Bertz CT molecular complexity index is 970. The van der Waals surface area contributed by atoms with Crippen LogP contribution in [0.25, 0.3) is 6.08 Å². The molecule has 1 aromatic heterocycles. The third-order valence-corrected chi connectivity index (χ3v) is 4.18. The van der Waals surface area contributed by atoms with Crippen LogP contribution in [-0.2, 0) is 4.79 Å². The van der Waals surface area contributed by atoms with Gasteiger partial charge in [-0.3, -0.25) is 14.6 Å².